The molecule has 1 aromatic heterocycles. The van der Waals surface area contributed by atoms with Crippen molar-refractivity contribution >= 4 is 21.6 Å². The number of pyridine rings is 1. The van der Waals surface area contributed by atoms with Gasteiger partial charge in [-0.1, -0.05) is 0 Å². The molecule has 5 nitrogen and oxygen atoms in total. The monoisotopic (exact) mass is 326 g/mol. The largest absolute Gasteiger partial charge is 0.439 e. The molecule has 1 heterocycles. The highest BCUT2D eigenvalue weighted by Gasteiger charge is 2.13. The van der Waals surface area contributed by atoms with Gasteiger partial charge in [0.25, 0.3) is 5.69 Å². The first kappa shape index (κ1) is 13.4. The average Bonchev–Trinajstić information content (AvgIpc) is 2.33. The van der Waals surface area contributed by atoms with E-state index in [1.54, 1.807) is 6.07 Å². The first-order chi connectivity index (χ1) is 8.97. The van der Waals surface area contributed by atoms with E-state index in [0.717, 1.165) is 0 Å². The van der Waals surface area contributed by atoms with E-state index in [-0.39, 0.29) is 23.0 Å². The van der Waals surface area contributed by atoms with Crippen molar-refractivity contribution < 1.29 is 14.1 Å². The van der Waals surface area contributed by atoms with Crippen LogP contribution in [0.1, 0.15) is 5.69 Å². The van der Waals surface area contributed by atoms with E-state index in [4.69, 9.17) is 4.74 Å². The molecule has 0 atom stereocenters. The number of nitro groups is 1. The lowest BCUT2D eigenvalue weighted by atomic mass is 10.3. The van der Waals surface area contributed by atoms with Crippen LogP contribution in [-0.2, 0) is 0 Å². The summed E-state index contributed by atoms with van der Waals surface area (Å²) in [4.78, 5) is 14.1. The molecule has 0 saturated heterocycles. The van der Waals surface area contributed by atoms with Crippen LogP contribution in [0.3, 0.4) is 0 Å². The van der Waals surface area contributed by atoms with Gasteiger partial charge in [0, 0.05) is 18.2 Å². The van der Waals surface area contributed by atoms with Crippen LogP contribution >= 0.6 is 15.9 Å². The van der Waals surface area contributed by atoms with E-state index < -0.39 is 10.7 Å². The lowest BCUT2D eigenvalue weighted by molar-refractivity contribution is -0.385. The van der Waals surface area contributed by atoms with Crippen LogP contribution in [0.4, 0.5) is 10.1 Å². The summed E-state index contributed by atoms with van der Waals surface area (Å²) in [6.45, 7) is 1.51. The first-order valence-corrected chi connectivity index (χ1v) is 6.01. The van der Waals surface area contributed by atoms with Crippen molar-refractivity contribution in [3.63, 3.8) is 0 Å². The molecule has 0 saturated carbocycles. The topological polar surface area (TPSA) is 65.3 Å². The minimum atomic E-state index is -0.522. The van der Waals surface area contributed by atoms with Crippen molar-refractivity contribution in [3.05, 3.63) is 56.4 Å². The summed E-state index contributed by atoms with van der Waals surface area (Å²) in [5, 5.41) is 10.6. The van der Waals surface area contributed by atoms with Crippen LogP contribution in [0.5, 0.6) is 11.6 Å². The van der Waals surface area contributed by atoms with Gasteiger partial charge in [0.2, 0.25) is 5.88 Å². The van der Waals surface area contributed by atoms with Gasteiger partial charge in [0.15, 0.2) is 0 Å². The number of nitrogens with zero attached hydrogens (tertiary/aromatic N) is 2. The number of hydrogen-bond donors (Lipinski definition) is 0. The SMILES string of the molecule is Cc1nc(Oc2ccc(Br)c(F)c2)ccc1[N+](=O)[O-]. The highest BCUT2D eigenvalue weighted by molar-refractivity contribution is 9.10. The third-order valence-corrected chi connectivity index (χ3v) is 2.99. The summed E-state index contributed by atoms with van der Waals surface area (Å²) in [5.41, 5.74) is 0.148. The Labute approximate surface area is 116 Å². The maximum atomic E-state index is 13.3. The number of rotatable bonds is 3. The molecule has 98 valence electrons. The van der Waals surface area contributed by atoms with E-state index >= 15 is 0 Å². The second kappa shape index (κ2) is 5.31. The fraction of sp³-hybridized carbons (Fsp3) is 0.0833. The van der Waals surface area contributed by atoms with E-state index in [9.17, 15) is 14.5 Å². The minimum absolute atomic E-state index is 0.0886. The summed E-state index contributed by atoms with van der Waals surface area (Å²) >= 11 is 3.03. The quantitative estimate of drug-likeness (QED) is 0.631. The van der Waals surface area contributed by atoms with E-state index in [1.807, 2.05) is 0 Å². The average molecular weight is 327 g/mol. The second-order valence-electron chi connectivity index (χ2n) is 3.69. The molecule has 19 heavy (non-hydrogen) atoms. The Kier molecular flexibility index (Phi) is 3.75. The van der Waals surface area contributed by atoms with Crippen molar-refractivity contribution in [1.29, 1.82) is 0 Å². The van der Waals surface area contributed by atoms with Crippen molar-refractivity contribution in [2.24, 2.45) is 0 Å². The molecule has 0 radical (unpaired) electrons. The van der Waals surface area contributed by atoms with Gasteiger partial charge in [-0.2, -0.15) is 0 Å². The molecule has 0 unspecified atom stereocenters. The molecule has 2 aromatic rings. The molecule has 0 spiro atoms. The molecule has 2 rings (SSSR count). The Morgan fingerprint density at radius 1 is 1.37 bits per heavy atom. The molecule has 0 aliphatic rings. The third-order valence-electron chi connectivity index (χ3n) is 2.34. The van der Waals surface area contributed by atoms with Gasteiger partial charge in [0.1, 0.15) is 17.3 Å². The van der Waals surface area contributed by atoms with E-state index in [1.165, 1.54) is 31.2 Å². The molecule has 7 heteroatoms. The number of aryl methyl sites for hydroxylation is 1. The van der Waals surface area contributed by atoms with Gasteiger partial charge in [-0.15, -0.1) is 0 Å². The predicted octanol–water partition coefficient (Wildman–Crippen LogP) is 3.99. The zero-order chi connectivity index (χ0) is 14.0. The van der Waals surface area contributed by atoms with Crippen LogP contribution in [-0.4, -0.2) is 9.91 Å². The number of benzene rings is 1. The second-order valence-corrected chi connectivity index (χ2v) is 4.54. The van der Waals surface area contributed by atoms with Crippen LogP contribution in [0, 0.1) is 22.9 Å². The molecule has 0 aliphatic heterocycles. The molecular weight excluding hydrogens is 319 g/mol. The standard InChI is InChI=1S/C12H8BrFN2O3/c1-7-11(16(17)18)4-5-12(15-7)19-8-2-3-9(13)10(14)6-8/h2-6H,1H3. The highest BCUT2D eigenvalue weighted by atomic mass is 79.9. The van der Waals surface area contributed by atoms with Crippen molar-refractivity contribution in [2.75, 3.05) is 0 Å². The minimum Gasteiger partial charge on any atom is -0.439 e. The zero-order valence-electron chi connectivity index (χ0n) is 9.76. The maximum absolute atomic E-state index is 13.3. The van der Waals surface area contributed by atoms with E-state index in [0.29, 0.717) is 4.47 Å². The Bertz CT molecular complexity index is 649. The fourth-order valence-electron chi connectivity index (χ4n) is 1.44. The normalized spacial score (nSPS) is 10.3. The van der Waals surface area contributed by atoms with Gasteiger partial charge in [-0.25, -0.2) is 9.37 Å². The van der Waals surface area contributed by atoms with Crippen molar-refractivity contribution in [2.45, 2.75) is 6.92 Å². The molecule has 0 bridgehead atoms. The summed E-state index contributed by atoms with van der Waals surface area (Å²) in [5.74, 6) is -0.0255. The summed E-state index contributed by atoms with van der Waals surface area (Å²) in [7, 11) is 0. The summed E-state index contributed by atoms with van der Waals surface area (Å²) < 4.78 is 19.0. The third kappa shape index (κ3) is 3.05. The van der Waals surface area contributed by atoms with Crippen LogP contribution in [0.15, 0.2) is 34.8 Å². The Morgan fingerprint density at radius 2 is 2.11 bits per heavy atom. The number of hydrogen-bond acceptors (Lipinski definition) is 4. The number of ether oxygens (including phenoxy) is 1. The molecule has 0 N–H and O–H groups in total. The van der Waals surface area contributed by atoms with Gasteiger partial charge in [-0.3, -0.25) is 10.1 Å². The van der Waals surface area contributed by atoms with Crippen molar-refractivity contribution in [3.8, 4) is 11.6 Å². The summed E-state index contributed by atoms with van der Waals surface area (Å²) in [6, 6.07) is 6.93. The molecule has 0 aliphatic carbocycles. The predicted molar refractivity (Wildman–Crippen MR) is 69.8 cm³/mol. The molecule has 0 fully saturated rings. The molecule has 0 amide bonds. The van der Waals surface area contributed by atoms with Gasteiger partial charge < -0.3 is 4.74 Å². The smallest absolute Gasteiger partial charge is 0.290 e. The van der Waals surface area contributed by atoms with Gasteiger partial charge in [-0.05, 0) is 35.0 Å². The van der Waals surface area contributed by atoms with Gasteiger partial charge in [0.05, 0.1) is 9.40 Å². The fourth-order valence-corrected chi connectivity index (χ4v) is 1.69. The lowest BCUT2D eigenvalue weighted by Crippen LogP contribution is -1.96. The Morgan fingerprint density at radius 3 is 2.68 bits per heavy atom. The number of aromatic nitrogens is 1. The van der Waals surface area contributed by atoms with Crippen LogP contribution < -0.4 is 4.74 Å². The zero-order valence-corrected chi connectivity index (χ0v) is 11.3. The van der Waals surface area contributed by atoms with Crippen LogP contribution in [0.25, 0.3) is 0 Å². The highest BCUT2D eigenvalue weighted by Crippen LogP contribution is 2.26. The van der Waals surface area contributed by atoms with Crippen molar-refractivity contribution in [1.82, 2.24) is 4.98 Å². The summed E-state index contributed by atoms with van der Waals surface area (Å²) in [6.07, 6.45) is 0. The van der Waals surface area contributed by atoms with Gasteiger partial charge >= 0.3 is 0 Å². The van der Waals surface area contributed by atoms with Crippen LogP contribution in [0.2, 0.25) is 0 Å². The Hall–Kier alpha value is -2.02. The number of halogens is 2. The Balaban J connectivity index is 2.26. The molecular formula is C12H8BrFN2O3. The first-order valence-electron chi connectivity index (χ1n) is 5.22. The van der Waals surface area contributed by atoms with E-state index in [2.05, 4.69) is 20.9 Å². The lowest BCUT2D eigenvalue weighted by Gasteiger charge is -2.06. The maximum Gasteiger partial charge on any atom is 0.290 e. The molecule has 1 aromatic carbocycles.